The summed E-state index contributed by atoms with van der Waals surface area (Å²) in [6.07, 6.45) is 4.68. The molecule has 3 heterocycles. The first-order valence-corrected chi connectivity index (χ1v) is 18.6. The van der Waals surface area contributed by atoms with Gasteiger partial charge in [-0.15, -0.1) is 11.3 Å². The highest BCUT2D eigenvalue weighted by Crippen LogP contribution is 2.32. The highest BCUT2D eigenvalue weighted by Gasteiger charge is 2.31. The molecular weight excluding hydrogens is 669 g/mol. The van der Waals surface area contributed by atoms with E-state index in [0.29, 0.717) is 27.3 Å². The molecule has 0 aliphatic carbocycles. The summed E-state index contributed by atoms with van der Waals surface area (Å²) in [7, 11) is -2.31. The number of thiazole rings is 2. The average molecular weight is 707 g/mol. The highest BCUT2D eigenvalue weighted by atomic mass is 32.2. The number of carbonyl (C=O) groups is 2. The van der Waals surface area contributed by atoms with Crippen molar-refractivity contribution in [2.45, 2.75) is 44.7 Å². The van der Waals surface area contributed by atoms with Gasteiger partial charge in [0.1, 0.15) is 6.61 Å². The number of alkyl carbamates (subject to hydrolysis) is 1. The number of anilines is 1. The van der Waals surface area contributed by atoms with Crippen molar-refractivity contribution in [2.24, 2.45) is 11.8 Å². The monoisotopic (exact) mass is 706 g/mol. The Balaban J connectivity index is 1.36. The lowest BCUT2D eigenvalue weighted by atomic mass is 9.94. The summed E-state index contributed by atoms with van der Waals surface area (Å²) in [6.45, 7) is 6.44. The van der Waals surface area contributed by atoms with Gasteiger partial charge in [-0.1, -0.05) is 62.4 Å². The van der Waals surface area contributed by atoms with E-state index >= 15 is 0 Å². The maximum atomic E-state index is 14.2. The van der Waals surface area contributed by atoms with Crippen LogP contribution in [-0.4, -0.2) is 65.9 Å². The Bertz CT molecular complexity index is 1920. The number of ether oxygens (including phenoxy) is 1. The van der Waals surface area contributed by atoms with Crippen LogP contribution in [0.1, 0.15) is 41.6 Å². The molecule has 0 bridgehead atoms. The lowest BCUT2D eigenvalue weighted by Crippen LogP contribution is -2.47. The fraction of sp³-hybridized carbons (Fsp3) is 0.324. The van der Waals surface area contributed by atoms with Gasteiger partial charge in [-0.2, -0.15) is 4.31 Å². The van der Waals surface area contributed by atoms with Gasteiger partial charge >= 0.3 is 6.09 Å². The average Bonchev–Trinajstić information content (AvgIpc) is 3.77. The van der Waals surface area contributed by atoms with Crippen molar-refractivity contribution in [2.75, 3.05) is 25.0 Å². The van der Waals surface area contributed by atoms with Crippen molar-refractivity contribution in [1.29, 1.82) is 0 Å². The minimum atomic E-state index is -3.95. The first-order valence-electron chi connectivity index (χ1n) is 15.4. The molecule has 0 radical (unpaired) electrons. The second-order valence-corrected chi connectivity index (χ2v) is 15.8. The Morgan fingerprint density at radius 3 is 2.42 bits per heavy atom. The van der Waals surface area contributed by atoms with Gasteiger partial charge in [-0.3, -0.25) is 19.7 Å². The minimum absolute atomic E-state index is 0.0449. The van der Waals surface area contributed by atoms with Crippen molar-refractivity contribution in [3.8, 4) is 0 Å². The molecule has 1 N–H and O–H groups in total. The summed E-state index contributed by atoms with van der Waals surface area (Å²) in [6, 6.07) is 17.4. The van der Waals surface area contributed by atoms with Gasteiger partial charge in [0.2, 0.25) is 10.0 Å². The van der Waals surface area contributed by atoms with Crippen molar-refractivity contribution >= 4 is 60.0 Å². The van der Waals surface area contributed by atoms with Crippen LogP contribution in [0.5, 0.6) is 0 Å². The van der Waals surface area contributed by atoms with E-state index in [1.165, 1.54) is 31.9 Å². The van der Waals surface area contributed by atoms with E-state index in [4.69, 9.17) is 4.74 Å². The number of amides is 2. The van der Waals surface area contributed by atoms with Crippen LogP contribution in [0.4, 0.5) is 9.93 Å². The third-order valence-corrected chi connectivity index (χ3v) is 11.4. The first kappa shape index (κ1) is 35.1. The molecule has 48 heavy (non-hydrogen) atoms. The number of nitrogens with zero attached hydrogens (tertiary/aromatic N) is 5. The fourth-order valence-electron chi connectivity index (χ4n) is 5.15. The third-order valence-electron chi connectivity index (χ3n) is 7.68. The molecule has 0 saturated carbocycles. The minimum Gasteiger partial charge on any atom is -0.444 e. The zero-order chi connectivity index (χ0) is 34.3. The molecule has 5 aromatic rings. The number of hydrogen-bond acceptors (Lipinski definition) is 10. The second kappa shape index (κ2) is 15.8. The molecule has 2 atom stereocenters. The van der Waals surface area contributed by atoms with E-state index < -0.39 is 22.2 Å². The predicted octanol–water partition coefficient (Wildman–Crippen LogP) is 6.24. The van der Waals surface area contributed by atoms with Gasteiger partial charge in [0.25, 0.3) is 5.91 Å². The standard InChI is InChI=1S/C34H38N6O5S3/c1-23(2)19-40(20-24(3)30(16-25-8-6-5-7-9-25)38-34(42)45-21-27-18-36-22-46-27)48(43,44)28-10-11-29-31(17-28)47-33(37-29)39(4)32(41)26-12-14-35-15-13-26/h5-15,17-18,22-24,30H,16,19-21H2,1-4H3,(H,38,42)/t24-,30+/m1/s1. The summed E-state index contributed by atoms with van der Waals surface area (Å²) >= 11 is 2.64. The van der Waals surface area contributed by atoms with Crippen molar-refractivity contribution in [1.82, 2.24) is 24.6 Å². The maximum Gasteiger partial charge on any atom is 0.407 e. The first-order chi connectivity index (χ1) is 23.0. The van der Waals surface area contributed by atoms with Crippen LogP contribution in [0, 0.1) is 11.8 Å². The number of aromatic nitrogens is 3. The lowest BCUT2D eigenvalue weighted by Gasteiger charge is -2.31. The molecule has 252 valence electrons. The molecule has 5 rings (SSSR count). The molecule has 11 nitrogen and oxygen atoms in total. The normalized spacial score (nSPS) is 13.0. The summed E-state index contributed by atoms with van der Waals surface area (Å²) in [4.78, 5) is 40.9. The van der Waals surface area contributed by atoms with E-state index in [0.717, 1.165) is 10.4 Å². The van der Waals surface area contributed by atoms with Gasteiger partial charge in [0.05, 0.1) is 25.5 Å². The maximum absolute atomic E-state index is 14.2. The van der Waals surface area contributed by atoms with Crippen LogP contribution in [0.25, 0.3) is 10.2 Å². The molecule has 2 amide bonds. The Hall–Kier alpha value is -4.24. The molecular formula is C34H38N6O5S3. The van der Waals surface area contributed by atoms with Gasteiger partial charge in [0.15, 0.2) is 5.13 Å². The van der Waals surface area contributed by atoms with Crippen LogP contribution >= 0.6 is 22.7 Å². The second-order valence-electron chi connectivity index (χ2n) is 11.9. The van der Waals surface area contributed by atoms with E-state index in [9.17, 15) is 18.0 Å². The van der Waals surface area contributed by atoms with Gasteiger partial charge < -0.3 is 10.1 Å². The zero-order valence-electron chi connectivity index (χ0n) is 27.1. The van der Waals surface area contributed by atoms with Crippen molar-refractivity contribution in [3.05, 3.63) is 101 Å². The van der Waals surface area contributed by atoms with E-state index in [2.05, 4.69) is 20.3 Å². The molecule has 0 saturated heterocycles. The predicted molar refractivity (Wildman–Crippen MR) is 189 cm³/mol. The summed E-state index contributed by atoms with van der Waals surface area (Å²) < 4.78 is 36.1. The number of hydrogen-bond donors (Lipinski definition) is 1. The summed E-state index contributed by atoms with van der Waals surface area (Å²) in [5.74, 6) is -0.475. The van der Waals surface area contributed by atoms with Gasteiger partial charge in [0, 0.05) is 50.3 Å². The van der Waals surface area contributed by atoms with Crippen LogP contribution in [0.3, 0.4) is 0 Å². The zero-order valence-corrected chi connectivity index (χ0v) is 29.6. The Kier molecular flexibility index (Phi) is 11.5. The number of rotatable bonds is 14. The number of pyridine rings is 1. The smallest absolute Gasteiger partial charge is 0.407 e. The third kappa shape index (κ3) is 8.81. The number of benzene rings is 2. The van der Waals surface area contributed by atoms with Gasteiger partial charge in [-0.05, 0) is 54.2 Å². The Labute approximate surface area is 288 Å². The number of nitrogens with one attached hydrogen (secondary N) is 1. The summed E-state index contributed by atoms with van der Waals surface area (Å²) in [5, 5.41) is 3.45. The number of carbonyl (C=O) groups excluding carboxylic acids is 2. The number of fused-ring (bicyclic) bond motifs is 1. The summed E-state index contributed by atoms with van der Waals surface area (Å²) in [5.41, 5.74) is 3.75. The van der Waals surface area contributed by atoms with Crippen LogP contribution < -0.4 is 10.2 Å². The Morgan fingerprint density at radius 2 is 1.73 bits per heavy atom. The van der Waals surface area contributed by atoms with Crippen LogP contribution in [0.15, 0.2) is 89.7 Å². The van der Waals surface area contributed by atoms with Crippen molar-refractivity contribution < 1.29 is 22.7 Å². The van der Waals surface area contributed by atoms with E-state index in [1.807, 2.05) is 51.1 Å². The largest absolute Gasteiger partial charge is 0.444 e. The number of sulfonamides is 1. The SMILES string of the molecule is CC(C)CN(C[C@@H](C)[C@H](Cc1ccccc1)NC(=O)OCc1cncs1)S(=O)(=O)c1ccc2nc(N(C)C(=O)c3ccncc3)sc2c1. The van der Waals surface area contributed by atoms with Crippen molar-refractivity contribution in [3.63, 3.8) is 0 Å². The topological polar surface area (TPSA) is 135 Å². The van der Waals surface area contributed by atoms with Crippen LogP contribution in [-0.2, 0) is 27.8 Å². The molecule has 0 spiro atoms. The van der Waals surface area contributed by atoms with Crippen LogP contribution in [0.2, 0.25) is 0 Å². The highest BCUT2D eigenvalue weighted by molar-refractivity contribution is 7.89. The molecule has 0 aliphatic rings. The molecule has 0 aliphatic heterocycles. The van der Waals surface area contributed by atoms with E-state index in [-0.39, 0.29) is 42.3 Å². The lowest BCUT2D eigenvalue weighted by molar-refractivity contribution is 0.0992. The molecule has 14 heteroatoms. The Morgan fingerprint density at radius 1 is 0.979 bits per heavy atom. The van der Waals surface area contributed by atoms with E-state index in [1.54, 1.807) is 61.5 Å². The molecule has 3 aromatic heterocycles. The van der Waals surface area contributed by atoms with Gasteiger partial charge in [-0.25, -0.2) is 18.2 Å². The molecule has 0 fully saturated rings. The quantitative estimate of drug-likeness (QED) is 0.143. The molecule has 0 unspecified atom stereocenters. The fourth-order valence-corrected chi connectivity index (χ4v) is 8.43. The molecule has 2 aromatic carbocycles.